The summed E-state index contributed by atoms with van der Waals surface area (Å²) < 4.78 is 0. The number of carbonyl (C=O) groups is 1. The molecule has 0 rings (SSSR count). The number of aliphatic carboxylic acids is 1. The number of rotatable bonds is 16. The van der Waals surface area contributed by atoms with Gasteiger partial charge in [-0.2, -0.15) is 0 Å². The van der Waals surface area contributed by atoms with Gasteiger partial charge in [0.25, 0.3) is 0 Å². The van der Waals surface area contributed by atoms with Gasteiger partial charge in [0.1, 0.15) is 0 Å². The SMILES string of the molecule is CCCCCCCCCCCCCCC(=O)O.CCCCCN. The highest BCUT2D eigenvalue weighted by Gasteiger charge is 1.96. The molecule has 0 aromatic heterocycles. The number of carboxylic acids is 1. The molecule has 0 unspecified atom stereocenters. The highest BCUT2D eigenvalue weighted by Crippen LogP contribution is 2.12. The van der Waals surface area contributed by atoms with Crippen molar-refractivity contribution in [3.8, 4) is 0 Å². The van der Waals surface area contributed by atoms with Gasteiger partial charge in [-0.25, -0.2) is 0 Å². The first-order valence-corrected chi connectivity index (χ1v) is 10.1. The lowest BCUT2D eigenvalue weighted by Gasteiger charge is -2.02. The Kier molecular flexibility index (Phi) is 25.4. The second-order valence-electron chi connectivity index (χ2n) is 6.53. The minimum absolute atomic E-state index is 0.345. The minimum atomic E-state index is -0.655. The van der Waals surface area contributed by atoms with Gasteiger partial charge in [-0.3, -0.25) is 4.79 Å². The minimum Gasteiger partial charge on any atom is -0.481 e. The van der Waals surface area contributed by atoms with Crippen LogP contribution in [0.2, 0.25) is 0 Å². The first-order valence-electron chi connectivity index (χ1n) is 10.1. The van der Waals surface area contributed by atoms with Crippen molar-refractivity contribution in [1.29, 1.82) is 0 Å². The molecule has 0 aliphatic heterocycles. The molecule has 0 saturated carbocycles. The molecule has 0 amide bonds. The van der Waals surface area contributed by atoms with E-state index in [1.54, 1.807) is 0 Å². The molecular weight excluding hydrogens is 286 g/mol. The van der Waals surface area contributed by atoms with Gasteiger partial charge in [0, 0.05) is 6.42 Å². The monoisotopic (exact) mass is 329 g/mol. The van der Waals surface area contributed by atoms with Gasteiger partial charge in [-0.1, -0.05) is 97.3 Å². The highest BCUT2D eigenvalue weighted by atomic mass is 16.4. The van der Waals surface area contributed by atoms with Crippen LogP contribution in [0, 0.1) is 0 Å². The third-order valence-corrected chi connectivity index (χ3v) is 4.05. The van der Waals surface area contributed by atoms with E-state index < -0.39 is 5.97 Å². The van der Waals surface area contributed by atoms with E-state index in [0.717, 1.165) is 19.4 Å². The second kappa shape index (κ2) is 23.7. The Morgan fingerprint density at radius 3 is 1.30 bits per heavy atom. The largest absolute Gasteiger partial charge is 0.481 e. The Hall–Kier alpha value is -0.570. The van der Waals surface area contributed by atoms with E-state index in [1.165, 1.54) is 83.5 Å². The fraction of sp³-hybridized carbons (Fsp3) is 0.950. The summed E-state index contributed by atoms with van der Waals surface area (Å²) in [5.41, 5.74) is 5.21. The Morgan fingerprint density at radius 2 is 1.00 bits per heavy atom. The molecular formula is C20H43NO2. The zero-order chi connectivity index (χ0) is 17.6. The molecule has 140 valence electrons. The number of hydrogen-bond donors (Lipinski definition) is 2. The molecule has 0 aromatic carbocycles. The van der Waals surface area contributed by atoms with Gasteiger partial charge < -0.3 is 10.8 Å². The van der Waals surface area contributed by atoms with Gasteiger partial charge >= 0.3 is 5.97 Å². The number of nitrogens with two attached hydrogens (primary N) is 1. The van der Waals surface area contributed by atoms with Crippen LogP contribution in [-0.4, -0.2) is 17.6 Å². The molecule has 0 saturated heterocycles. The van der Waals surface area contributed by atoms with Crippen LogP contribution >= 0.6 is 0 Å². The van der Waals surface area contributed by atoms with Crippen molar-refractivity contribution in [3.05, 3.63) is 0 Å². The lowest BCUT2D eigenvalue weighted by molar-refractivity contribution is -0.137. The molecule has 0 radical (unpaired) electrons. The average Bonchev–Trinajstić information content (AvgIpc) is 2.54. The molecule has 0 aliphatic rings. The van der Waals surface area contributed by atoms with E-state index in [0.29, 0.717) is 6.42 Å². The fourth-order valence-electron chi connectivity index (χ4n) is 2.51. The molecule has 3 nitrogen and oxygen atoms in total. The van der Waals surface area contributed by atoms with Crippen molar-refractivity contribution >= 4 is 5.97 Å². The molecule has 0 bridgehead atoms. The van der Waals surface area contributed by atoms with Crippen LogP contribution in [0.5, 0.6) is 0 Å². The smallest absolute Gasteiger partial charge is 0.303 e. The lowest BCUT2D eigenvalue weighted by atomic mass is 10.0. The predicted molar refractivity (Wildman–Crippen MR) is 102 cm³/mol. The van der Waals surface area contributed by atoms with Gasteiger partial charge in [0.2, 0.25) is 0 Å². The summed E-state index contributed by atoms with van der Waals surface area (Å²) in [4.78, 5) is 10.3. The van der Waals surface area contributed by atoms with Gasteiger partial charge in [-0.15, -0.1) is 0 Å². The molecule has 0 heterocycles. The maximum atomic E-state index is 10.3. The number of hydrogen-bond acceptors (Lipinski definition) is 2. The summed E-state index contributed by atoms with van der Waals surface area (Å²) in [6, 6.07) is 0. The summed E-state index contributed by atoms with van der Waals surface area (Å²) in [6.45, 7) is 5.29. The molecule has 0 fully saturated rings. The lowest BCUT2D eigenvalue weighted by Crippen LogP contribution is -1.96. The quantitative estimate of drug-likeness (QED) is 0.327. The molecule has 0 aliphatic carbocycles. The average molecular weight is 330 g/mol. The first-order chi connectivity index (χ1) is 11.2. The van der Waals surface area contributed by atoms with Crippen molar-refractivity contribution in [2.75, 3.05) is 6.54 Å². The standard InChI is InChI=1S/C15H30O2.C5H13N/c1-2-3-4-5-6-7-8-9-10-11-12-13-14-15(16)17;1-2-3-4-5-6/h2-14H2,1H3,(H,16,17);2-6H2,1H3. The summed E-state index contributed by atoms with van der Waals surface area (Å²) in [7, 11) is 0. The topological polar surface area (TPSA) is 63.3 Å². The van der Waals surface area contributed by atoms with Crippen molar-refractivity contribution in [2.24, 2.45) is 5.73 Å². The zero-order valence-electron chi connectivity index (χ0n) is 16.0. The molecule has 0 spiro atoms. The maximum absolute atomic E-state index is 10.3. The van der Waals surface area contributed by atoms with E-state index in [1.807, 2.05) is 0 Å². The number of carboxylic acid groups (broad SMARTS) is 1. The Morgan fingerprint density at radius 1 is 0.652 bits per heavy atom. The van der Waals surface area contributed by atoms with E-state index in [-0.39, 0.29) is 0 Å². The number of unbranched alkanes of at least 4 members (excludes halogenated alkanes) is 13. The first kappa shape index (κ1) is 24.7. The predicted octanol–water partition coefficient (Wildman–Crippen LogP) is 6.30. The van der Waals surface area contributed by atoms with Crippen molar-refractivity contribution in [1.82, 2.24) is 0 Å². The Balaban J connectivity index is 0. The molecule has 0 atom stereocenters. The van der Waals surface area contributed by atoms with E-state index in [2.05, 4.69) is 13.8 Å². The van der Waals surface area contributed by atoms with Crippen molar-refractivity contribution < 1.29 is 9.90 Å². The molecule has 0 aromatic rings. The maximum Gasteiger partial charge on any atom is 0.303 e. The normalized spacial score (nSPS) is 10.2. The summed E-state index contributed by atoms with van der Waals surface area (Å²) in [5.74, 6) is -0.655. The van der Waals surface area contributed by atoms with Gasteiger partial charge in [-0.05, 0) is 19.4 Å². The highest BCUT2D eigenvalue weighted by molar-refractivity contribution is 5.66. The van der Waals surface area contributed by atoms with Crippen LogP contribution in [0.4, 0.5) is 0 Å². The van der Waals surface area contributed by atoms with E-state index >= 15 is 0 Å². The molecule has 23 heavy (non-hydrogen) atoms. The van der Waals surface area contributed by atoms with Crippen LogP contribution < -0.4 is 5.73 Å². The van der Waals surface area contributed by atoms with Crippen molar-refractivity contribution in [3.63, 3.8) is 0 Å². The third-order valence-electron chi connectivity index (χ3n) is 4.05. The fourth-order valence-corrected chi connectivity index (χ4v) is 2.51. The van der Waals surface area contributed by atoms with Crippen molar-refractivity contribution in [2.45, 2.75) is 117 Å². The molecule has 3 heteroatoms. The van der Waals surface area contributed by atoms with Crippen LogP contribution in [-0.2, 0) is 4.79 Å². The molecule has 3 N–H and O–H groups in total. The van der Waals surface area contributed by atoms with Gasteiger partial charge in [0.15, 0.2) is 0 Å². The zero-order valence-corrected chi connectivity index (χ0v) is 16.0. The van der Waals surface area contributed by atoms with Crippen LogP contribution in [0.1, 0.15) is 117 Å². The second-order valence-corrected chi connectivity index (χ2v) is 6.53. The van der Waals surface area contributed by atoms with Crippen LogP contribution in [0.15, 0.2) is 0 Å². The van der Waals surface area contributed by atoms with E-state index in [9.17, 15) is 4.79 Å². The van der Waals surface area contributed by atoms with Crippen LogP contribution in [0.25, 0.3) is 0 Å². The van der Waals surface area contributed by atoms with Gasteiger partial charge in [0.05, 0.1) is 0 Å². The summed E-state index contributed by atoms with van der Waals surface area (Å²) in [6.07, 6.45) is 19.6. The van der Waals surface area contributed by atoms with E-state index in [4.69, 9.17) is 10.8 Å². The van der Waals surface area contributed by atoms with Crippen LogP contribution in [0.3, 0.4) is 0 Å². The Labute approximate surface area is 145 Å². The third kappa shape index (κ3) is 30.0. The Bertz CT molecular complexity index is 216. The summed E-state index contributed by atoms with van der Waals surface area (Å²) >= 11 is 0. The summed E-state index contributed by atoms with van der Waals surface area (Å²) in [5, 5.41) is 8.47.